The summed E-state index contributed by atoms with van der Waals surface area (Å²) in [6, 6.07) is 6.04. The van der Waals surface area contributed by atoms with Crippen LogP contribution < -0.4 is 21.7 Å². The lowest BCUT2D eigenvalue weighted by Gasteiger charge is -2.07. The number of H-pyrrole nitrogens is 2. The summed E-state index contributed by atoms with van der Waals surface area (Å²) < 4.78 is 15.1. The van der Waals surface area contributed by atoms with E-state index < -0.39 is 11.5 Å². The molecule has 5 rings (SSSR count). The van der Waals surface area contributed by atoms with Crippen LogP contribution in [0.2, 0.25) is 5.02 Å². The third-order valence-electron chi connectivity index (χ3n) is 4.92. The van der Waals surface area contributed by atoms with E-state index in [2.05, 4.69) is 30.4 Å². The molecule has 1 fully saturated rings. The van der Waals surface area contributed by atoms with Crippen LogP contribution in [0.5, 0.6) is 5.88 Å². The molecule has 3 heterocycles. The number of halogens is 2. The number of aromatic nitrogens is 5. The van der Waals surface area contributed by atoms with Crippen LogP contribution in [0.15, 0.2) is 40.2 Å². The summed E-state index contributed by atoms with van der Waals surface area (Å²) in [6.07, 6.45) is 5.46. The molecule has 4 aromatic rings. The summed E-state index contributed by atoms with van der Waals surface area (Å²) in [4.78, 5) is 25.5. The zero-order valence-electron chi connectivity index (χ0n) is 16.1. The average Bonchev–Trinajstić information content (AvgIpc) is 3.40. The Hall–Kier alpha value is -3.66. The Bertz CT molecular complexity index is 1470. The topological polar surface area (TPSA) is 123 Å². The van der Waals surface area contributed by atoms with Crippen molar-refractivity contribution in [2.45, 2.75) is 12.8 Å². The highest BCUT2D eigenvalue weighted by atomic mass is 35.5. The normalized spacial score (nSPS) is 15.2. The Morgan fingerprint density at radius 1 is 1.35 bits per heavy atom. The van der Waals surface area contributed by atoms with Gasteiger partial charge in [-0.15, -0.1) is 0 Å². The monoisotopic (exact) mass is 441 g/mol. The first-order valence-electron chi connectivity index (χ1n) is 9.60. The number of nitrogens with zero attached hydrogens (tertiary/aromatic N) is 4. The summed E-state index contributed by atoms with van der Waals surface area (Å²) in [5, 5.41) is 17.9. The number of hydrogen-bond donors (Lipinski definition) is 4. The Morgan fingerprint density at radius 3 is 2.90 bits per heavy atom. The fourth-order valence-electron chi connectivity index (χ4n) is 3.13. The number of aromatic hydroxyl groups is 1. The van der Waals surface area contributed by atoms with Crippen LogP contribution in [0.25, 0.3) is 11.7 Å². The summed E-state index contributed by atoms with van der Waals surface area (Å²) >= 11 is 5.88. The van der Waals surface area contributed by atoms with Crippen LogP contribution in [-0.2, 0) is 0 Å². The van der Waals surface area contributed by atoms with Crippen LogP contribution in [0.4, 0.5) is 15.9 Å². The minimum Gasteiger partial charge on any atom is -0.493 e. The highest BCUT2D eigenvalue weighted by Crippen LogP contribution is 2.28. The molecule has 0 bridgehead atoms. The van der Waals surface area contributed by atoms with E-state index in [4.69, 9.17) is 11.6 Å². The maximum absolute atomic E-state index is 13.5. The van der Waals surface area contributed by atoms with Crippen molar-refractivity contribution >= 4 is 34.8 Å². The van der Waals surface area contributed by atoms with Crippen LogP contribution in [0.3, 0.4) is 0 Å². The van der Waals surface area contributed by atoms with Crippen molar-refractivity contribution in [3.63, 3.8) is 0 Å². The standard InChI is InChI=1S/C20H17ClFN7O2/c21-13-6-12(3-4-14(13)22)25-16-7-17(23-8-10-1-2-10)29-18(27-16)11(9-24-29)5-15-19(30)28-20(31)26-15/h3-7,9-10,25,30H,1-2,8H2,(H2,26,28,31)/b11-5-,23-17?. The molecule has 0 radical (unpaired) electrons. The fourth-order valence-corrected chi connectivity index (χ4v) is 3.32. The predicted octanol–water partition coefficient (Wildman–Crippen LogP) is 1.85. The van der Waals surface area contributed by atoms with Gasteiger partial charge in [-0.05, 0) is 43.0 Å². The van der Waals surface area contributed by atoms with Gasteiger partial charge in [0.15, 0.2) is 11.1 Å². The van der Waals surface area contributed by atoms with Gasteiger partial charge in [0.05, 0.1) is 11.2 Å². The van der Waals surface area contributed by atoms with Crippen molar-refractivity contribution in [3.8, 4) is 5.88 Å². The highest BCUT2D eigenvalue weighted by Gasteiger charge is 2.20. The third kappa shape index (κ3) is 4.02. The Labute approximate surface area is 178 Å². The van der Waals surface area contributed by atoms with Gasteiger partial charge in [-0.1, -0.05) is 11.6 Å². The molecule has 0 saturated heterocycles. The van der Waals surface area contributed by atoms with Gasteiger partial charge < -0.3 is 15.4 Å². The SMILES string of the molecule is O=c1[nH]c(O)c(/C=c2/cnn3c(=NCC4CC4)cc(Nc4ccc(F)c(Cl)c4)nc23)[nH]1. The first-order valence-corrected chi connectivity index (χ1v) is 9.98. The second-order valence-electron chi connectivity index (χ2n) is 7.36. The fraction of sp³-hybridized carbons (Fsp3) is 0.200. The molecule has 0 aliphatic heterocycles. The minimum atomic E-state index is -0.524. The first-order chi connectivity index (χ1) is 15.0. The molecule has 158 valence electrons. The van der Waals surface area contributed by atoms with E-state index in [1.165, 1.54) is 12.1 Å². The van der Waals surface area contributed by atoms with E-state index in [9.17, 15) is 14.3 Å². The highest BCUT2D eigenvalue weighted by molar-refractivity contribution is 6.31. The first kappa shape index (κ1) is 19.3. The molecular weight excluding hydrogens is 425 g/mol. The van der Waals surface area contributed by atoms with Crippen molar-refractivity contribution in [2.75, 3.05) is 11.9 Å². The van der Waals surface area contributed by atoms with Crippen molar-refractivity contribution in [1.82, 2.24) is 24.6 Å². The molecule has 11 heteroatoms. The van der Waals surface area contributed by atoms with Crippen LogP contribution in [0, 0.1) is 11.7 Å². The Morgan fingerprint density at radius 2 is 2.19 bits per heavy atom. The van der Waals surface area contributed by atoms with Crippen molar-refractivity contribution in [2.24, 2.45) is 10.9 Å². The lowest BCUT2D eigenvalue weighted by molar-refractivity contribution is 0.454. The summed E-state index contributed by atoms with van der Waals surface area (Å²) in [5.74, 6) is 0.257. The van der Waals surface area contributed by atoms with Crippen LogP contribution >= 0.6 is 11.6 Å². The van der Waals surface area contributed by atoms with E-state index in [1.54, 1.807) is 28.9 Å². The molecule has 0 amide bonds. The number of hydrogen-bond acceptors (Lipinski definition) is 6. The van der Waals surface area contributed by atoms with E-state index in [-0.39, 0.29) is 16.6 Å². The molecule has 1 aliphatic rings. The maximum atomic E-state index is 13.5. The molecule has 3 aromatic heterocycles. The van der Waals surface area contributed by atoms with Gasteiger partial charge >= 0.3 is 5.69 Å². The third-order valence-corrected chi connectivity index (χ3v) is 5.21. The van der Waals surface area contributed by atoms with Crippen LogP contribution in [-0.4, -0.2) is 36.2 Å². The maximum Gasteiger partial charge on any atom is 0.326 e. The molecule has 9 nitrogen and oxygen atoms in total. The Balaban J connectivity index is 1.64. The van der Waals surface area contributed by atoms with E-state index >= 15 is 0 Å². The van der Waals surface area contributed by atoms with Gasteiger partial charge in [0.1, 0.15) is 17.3 Å². The van der Waals surface area contributed by atoms with E-state index in [0.717, 1.165) is 12.8 Å². The van der Waals surface area contributed by atoms with E-state index in [0.29, 0.717) is 40.3 Å². The number of imidazole rings is 1. The van der Waals surface area contributed by atoms with Gasteiger partial charge in [0, 0.05) is 23.5 Å². The molecule has 1 aromatic carbocycles. The number of anilines is 2. The van der Waals surface area contributed by atoms with Gasteiger partial charge in [0.2, 0.25) is 5.88 Å². The number of rotatable bonds is 5. The molecule has 0 spiro atoms. The number of aromatic amines is 2. The second-order valence-corrected chi connectivity index (χ2v) is 7.77. The molecule has 4 N–H and O–H groups in total. The zero-order valence-corrected chi connectivity index (χ0v) is 16.8. The number of benzene rings is 1. The second kappa shape index (κ2) is 7.55. The van der Waals surface area contributed by atoms with Crippen molar-refractivity contribution in [3.05, 3.63) is 68.2 Å². The number of fused-ring (bicyclic) bond motifs is 1. The Kier molecular flexibility index (Phi) is 4.70. The quantitative estimate of drug-likeness (QED) is 0.376. The zero-order chi connectivity index (χ0) is 21.5. The van der Waals surface area contributed by atoms with Gasteiger partial charge in [0.25, 0.3) is 0 Å². The number of nitrogens with one attached hydrogen (secondary N) is 3. The molecule has 31 heavy (non-hydrogen) atoms. The molecule has 1 saturated carbocycles. The summed E-state index contributed by atoms with van der Waals surface area (Å²) in [5.41, 5.74) is 1.31. The smallest absolute Gasteiger partial charge is 0.326 e. The van der Waals surface area contributed by atoms with Crippen molar-refractivity contribution < 1.29 is 9.50 Å². The van der Waals surface area contributed by atoms with Gasteiger partial charge in [-0.3, -0.25) is 9.98 Å². The predicted molar refractivity (Wildman–Crippen MR) is 113 cm³/mol. The van der Waals surface area contributed by atoms with Crippen LogP contribution in [0.1, 0.15) is 18.5 Å². The average molecular weight is 442 g/mol. The van der Waals surface area contributed by atoms with Gasteiger partial charge in [-0.25, -0.2) is 14.2 Å². The summed E-state index contributed by atoms with van der Waals surface area (Å²) in [6.45, 7) is 0.686. The van der Waals surface area contributed by atoms with Crippen molar-refractivity contribution in [1.29, 1.82) is 0 Å². The molecule has 0 unspecified atom stereocenters. The van der Waals surface area contributed by atoms with Gasteiger partial charge in [-0.2, -0.15) is 9.61 Å². The lowest BCUT2D eigenvalue weighted by atomic mass is 10.3. The lowest BCUT2D eigenvalue weighted by Crippen LogP contribution is -2.20. The molecule has 1 aliphatic carbocycles. The van der Waals surface area contributed by atoms with E-state index in [1.807, 2.05) is 0 Å². The largest absolute Gasteiger partial charge is 0.493 e. The molecular formula is C20H17ClFN7O2. The molecule has 0 atom stereocenters. The minimum absolute atomic E-state index is 0.00464. The summed E-state index contributed by atoms with van der Waals surface area (Å²) in [7, 11) is 0.